The van der Waals surface area contributed by atoms with Crippen molar-refractivity contribution in [2.45, 2.75) is 46.7 Å². The topological polar surface area (TPSA) is 46.0 Å². The number of nitrogens with zero attached hydrogens (tertiary/aromatic N) is 4. The fraction of sp³-hybridized carbons (Fsp3) is 0.867. The quantitative estimate of drug-likeness (QED) is 0.826. The van der Waals surface area contributed by atoms with Crippen LogP contribution in [0.3, 0.4) is 0 Å². The summed E-state index contributed by atoms with van der Waals surface area (Å²) < 4.78 is 2.06. The molecule has 0 aromatic carbocycles. The summed E-state index contributed by atoms with van der Waals surface area (Å²) >= 11 is 0. The molecule has 1 atom stereocenters. The highest BCUT2D eigenvalue weighted by molar-refractivity contribution is 4.86. The fourth-order valence-electron chi connectivity index (χ4n) is 2.86. The van der Waals surface area contributed by atoms with Gasteiger partial charge < -0.3 is 5.32 Å². The lowest BCUT2D eigenvalue weighted by Crippen LogP contribution is -2.38. The number of nitrogens with one attached hydrogen (secondary N) is 1. The first-order chi connectivity index (χ1) is 9.69. The van der Waals surface area contributed by atoms with Gasteiger partial charge in [0.25, 0.3) is 0 Å². The molecule has 1 aliphatic rings. The van der Waals surface area contributed by atoms with E-state index in [2.05, 4.69) is 45.8 Å². The zero-order chi connectivity index (χ0) is 14.4. The monoisotopic (exact) mass is 279 g/mol. The number of aromatic nitrogens is 3. The molecule has 0 amide bonds. The van der Waals surface area contributed by atoms with E-state index in [1.54, 1.807) is 6.33 Å². The summed E-state index contributed by atoms with van der Waals surface area (Å²) in [5.41, 5.74) is 0. The smallest absolute Gasteiger partial charge is 0.141 e. The van der Waals surface area contributed by atoms with Crippen molar-refractivity contribution in [1.82, 2.24) is 25.0 Å². The van der Waals surface area contributed by atoms with Gasteiger partial charge in [-0.2, -0.15) is 5.10 Å². The van der Waals surface area contributed by atoms with Gasteiger partial charge in [-0.15, -0.1) is 0 Å². The van der Waals surface area contributed by atoms with E-state index in [1.165, 1.54) is 19.4 Å². The van der Waals surface area contributed by atoms with E-state index in [0.29, 0.717) is 5.92 Å². The van der Waals surface area contributed by atoms with Gasteiger partial charge in [-0.3, -0.25) is 4.90 Å². The highest BCUT2D eigenvalue weighted by Crippen LogP contribution is 2.13. The first-order valence-electron chi connectivity index (χ1n) is 7.98. The number of hydrogen-bond donors (Lipinski definition) is 1. The molecule has 1 aromatic heterocycles. The number of piperidine rings is 1. The molecule has 5 heteroatoms. The molecule has 1 N–H and O–H groups in total. The molecule has 1 unspecified atom stereocenters. The van der Waals surface area contributed by atoms with E-state index in [9.17, 15) is 0 Å². The van der Waals surface area contributed by atoms with E-state index in [1.807, 2.05) is 0 Å². The van der Waals surface area contributed by atoms with Crippen LogP contribution in [-0.2, 0) is 13.1 Å². The summed E-state index contributed by atoms with van der Waals surface area (Å²) in [5, 5.41) is 7.86. The van der Waals surface area contributed by atoms with E-state index in [0.717, 1.165) is 44.5 Å². The lowest BCUT2D eigenvalue weighted by Gasteiger charge is -2.29. The normalized spacial score (nSPS) is 19.9. The maximum absolute atomic E-state index is 4.44. The van der Waals surface area contributed by atoms with Crippen LogP contribution >= 0.6 is 0 Å². The Balaban J connectivity index is 1.90. The van der Waals surface area contributed by atoms with Crippen LogP contribution in [-0.4, -0.2) is 45.8 Å². The van der Waals surface area contributed by atoms with Crippen molar-refractivity contribution < 1.29 is 0 Å². The first kappa shape index (κ1) is 15.4. The number of hydrogen-bond acceptors (Lipinski definition) is 4. The molecular weight excluding hydrogens is 250 g/mol. The maximum atomic E-state index is 4.44. The Morgan fingerprint density at radius 3 is 3.00 bits per heavy atom. The van der Waals surface area contributed by atoms with Crippen molar-refractivity contribution in [2.24, 2.45) is 11.8 Å². The average molecular weight is 279 g/mol. The SMILES string of the molecule is CCN(Cc1ncnn1CC(C)C)CC1CCCNC1. The van der Waals surface area contributed by atoms with Crippen LogP contribution in [0.4, 0.5) is 0 Å². The van der Waals surface area contributed by atoms with Gasteiger partial charge in [0.15, 0.2) is 0 Å². The molecule has 2 rings (SSSR count). The molecule has 20 heavy (non-hydrogen) atoms. The second kappa shape index (κ2) is 7.74. The predicted molar refractivity (Wildman–Crippen MR) is 81.4 cm³/mol. The Morgan fingerprint density at radius 1 is 1.50 bits per heavy atom. The molecule has 2 heterocycles. The van der Waals surface area contributed by atoms with E-state index < -0.39 is 0 Å². The van der Waals surface area contributed by atoms with Crippen LogP contribution in [0.1, 0.15) is 39.4 Å². The molecule has 1 saturated heterocycles. The molecule has 114 valence electrons. The molecule has 0 saturated carbocycles. The van der Waals surface area contributed by atoms with Gasteiger partial charge in [-0.05, 0) is 44.3 Å². The summed E-state index contributed by atoms with van der Waals surface area (Å²) in [5.74, 6) is 2.49. The third-order valence-corrected chi connectivity index (χ3v) is 3.96. The van der Waals surface area contributed by atoms with Gasteiger partial charge in [0.1, 0.15) is 12.2 Å². The fourth-order valence-corrected chi connectivity index (χ4v) is 2.86. The summed E-state index contributed by atoms with van der Waals surface area (Å²) in [4.78, 5) is 6.94. The van der Waals surface area contributed by atoms with Crippen LogP contribution in [0.15, 0.2) is 6.33 Å². The minimum absolute atomic E-state index is 0.605. The average Bonchev–Trinajstić information content (AvgIpc) is 2.85. The highest BCUT2D eigenvalue weighted by atomic mass is 15.3. The second-order valence-corrected chi connectivity index (χ2v) is 6.29. The summed E-state index contributed by atoms with van der Waals surface area (Å²) in [6, 6.07) is 0. The van der Waals surface area contributed by atoms with E-state index in [-0.39, 0.29) is 0 Å². The van der Waals surface area contributed by atoms with Gasteiger partial charge in [0, 0.05) is 13.1 Å². The third kappa shape index (κ3) is 4.56. The van der Waals surface area contributed by atoms with Gasteiger partial charge >= 0.3 is 0 Å². The molecule has 0 spiro atoms. The lowest BCUT2D eigenvalue weighted by molar-refractivity contribution is 0.202. The molecule has 0 aliphatic carbocycles. The molecule has 1 aliphatic heterocycles. The molecule has 1 fully saturated rings. The summed E-state index contributed by atoms with van der Waals surface area (Å²) in [7, 11) is 0. The van der Waals surface area contributed by atoms with Crippen molar-refractivity contribution >= 4 is 0 Å². The molecule has 5 nitrogen and oxygen atoms in total. The molecular formula is C15H29N5. The Bertz CT molecular complexity index is 381. The second-order valence-electron chi connectivity index (χ2n) is 6.29. The largest absolute Gasteiger partial charge is 0.316 e. The summed E-state index contributed by atoms with van der Waals surface area (Å²) in [6.07, 6.45) is 4.35. The Kier molecular flexibility index (Phi) is 5.98. The third-order valence-electron chi connectivity index (χ3n) is 3.96. The summed E-state index contributed by atoms with van der Waals surface area (Å²) in [6.45, 7) is 13.1. The van der Waals surface area contributed by atoms with Crippen molar-refractivity contribution in [3.63, 3.8) is 0 Å². The van der Waals surface area contributed by atoms with Crippen LogP contribution in [0.25, 0.3) is 0 Å². The maximum Gasteiger partial charge on any atom is 0.141 e. The zero-order valence-corrected chi connectivity index (χ0v) is 13.2. The van der Waals surface area contributed by atoms with Crippen molar-refractivity contribution in [3.05, 3.63) is 12.2 Å². The minimum Gasteiger partial charge on any atom is -0.316 e. The van der Waals surface area contributed by atoms with Crippen LogP contribution in [0.2, 0.25) is 0 Å². The van der Waals surface area contributed by atoms with Crippen molar-refractivity contribution in [1.29, 1.82) is 0 Å². The highest BCUT2D eigenvalue weighted by Gasteiger charge is 2.18. The zero-order valence-electron chi connectivity index (χ0n) is 13.2. The Labute approximate surface area is 122 Å². The van der Waals surface area contributed by atoms with E-state index in [4.69, 9.17) is 0 Å². The minimum atomic E-state index is 0.605. The Morgan fingerprint density at radius 2 is 2.35 bits per heavy atom. The molecule has 0 bridgehead atoms. The standard InChI is InChI=1S/C15H29N5/c1-4-19(10-14-6-5-7-16-8-14)11-15-17-12-18-20(15)9-13(2)3/h12-14,16H,4-11H2,1-3H3. The molecule has 1 aromatic rings. The van der Waals surface area contributed by atoms with Gasteiger partial charge in [0.05, 0.1) is 6.54 Å². The Hall–Kier alpha value is -0.940. The van der Waals surface area contributed by atoms with Crippen molar-refractivity contribution in [3.8, 4) is 0 Å². The van der Waals surface area contributed by atoms with Gasteiger partial charge in [-0.1, -0.05) is 20.8 Å². The van der Waals surface area contributed by atoms with Crippen LogP contribution in [0.5, 0.6) is 0 Å². The van der Waals surface area contributed by atoms with Gasteiger partial charge in [-0.25, -0.2) is 9.67 Å². The number of rotatable bonds is 7. The first-order valence-corrected chi connectivity index (χ1v) is 7.98. The van der Waals surface area contributed by atoms with E-state index >= 15 is 0 Å². The van der Waals surface area contributed by atoms with Crippen molar-refractivity contribution in [2.75, 3.05) is 26.2 Å². The van der Waals surface area contributed by atoms with Crippen LogP contribution in [0, 0.1) is 11.8 Å². The predicted octanol–water partition coefficient (Wildman–Crippen LogP) is 1.76. The van der Waals surface area contributed by atoms with Gasteiger partial charge in [0.2, 0.25) is 0 Å². The lowest BCUT2D eigenvalue weighted by atomic mass is 9.99. The van der Waals surface area contributed by atoms with Crippen LogP contribution < -0.4 is 5.32 Å². The molecule has 0 radical (unpaired) electrons.